The summed E-state index contributed by atoms with van der Waals surface area (Å²) in [5, 5.41) is 5.76. The Bertz CT molecular complexity index is 1280. The molecule has 11 heteroatoms. The van der Waals surface area contributed by atoms with E-state index in [1.807, 2.05) is 35.7 Å². The van der Waals surface area contributed by atoms with E-state index in [2.05, 4.69) is 49.2 Å². The number of benzene rings is 2. The van der Waals surface area contributed by atoms with E-state index in [1.165, 1.54) is 16.9 Å². The lowest BCUT2D eigenvalue weighted by atomic mass is 10.1. The molecular formula is C29H37N7O3S. The van der Waals surface area contributed by atoms with Gasteiger partial charge >= 0.3 is 0 Å². The number of nitrogens with zero attached hydrogens (tertiary/aromatic N) is 5. The Labute approximate surface area is 239 Å². The Morgan fingerprint density at radius 3 is 2.48 bits per heavy atom. The molecular weight excluding hydrogens is 526 g/mol. The highest BCUT2D eigenvalue weighted by atomic mass is 32.1. The van der Waals surface area contributed by atoms with Gasteiger partial charge in [-0.15, -0.1) is 11.3 Å². The van der Waals surface area contributed by atoms with Crippen LogP contribution in [-0.2, 0) is 16.1 Å². The highest BCUT2D eigenvalue weighted by molar-refractivity contribution is 7.14. The maximum absolute atomic E-state index is 13.2. The number of ether oxygens (including phenoxy) is 1. The van der Waals surface area contributed by atoms with Crippen molar-refractivity contribution in [3.8, 4) is 0 Å². The van der Waals surface area contributed by atoms with Gasteiger partial charge in [0.25, 0.3) is 5.91 Å². The molecule has 0 saturated carbocycles. The summed E-state index contributed by atoms with van der Waals surface area (Å²) in [5.41, 5.74) is 8.76. The van der Waals surface area contributed by atoms with E-state index in [1.54, 1.807) is 7.11 Å². The number of anilines is 3. The van der Waals surface area contributed by atoms with Crippen molar-refractivity contribution < 1.29 is 14.3 Å². The summed E-state index contributed by atoms with van der Waals surface area (Å²) in [7, 11) is 1.74. The van der Waals surface area contributed by atoms with Crippen molar-refractivity contribution in [1.82, 2.24) is 14.8 Å². The number of hydrogen-bond donors (Lipinski definition) is 2. The zero-order valence-corrected chi connectivity index (χ0v) is 23.7. The van der Waals surface area contributed by atoms with E-state index >= 15 is 0 Å². The third-order valence-corrected chi connectivity index (χ3v) is 8.33. The number of methoxy groups -OCH3 is 1. The summed E-state index contributed by atoms with van der Waals surface area (Å²) < 4.78 is 5.55. The summed E-state index contributed by atoms with van der Waals surface area (Å²) in [6, 6.07) is 18.5. The smallest absolute Gasteiger partial charge is 0.275 e. The summed E-state index contributed by atoms with van der Waals surface area (Å²) in [6.07, 6.45) is 0. The van der Waals surface area contributed by atoms with Gasteiger partial charge in [0.05, 0.1) is 30.6 Å². The summed E-state index contributed by atoms with van der Waals surface area (Å²) in [4.78, 5) is 38.2. The van der Waals surface area contributed by atoms with Crippen molar-refractivity contribution in [2.24, 2.45) is 5.73 Å². The molecule has 2 aliphatic rings. The van der Waals surface area contributed by atoms with E-state index in [9.17, 15) is 9.59 Å². The average Bonchev–Trinajstić information content (AvgIpc) is 3.46. The maximum atomic E-state index is 13.2. The first-order valence-corrected chi connectivity index (χ1v) is 14.5. The number of rotatable bonds is 10. The van der Waals surface area contributed by atoms with Crippen LogP contribution in [-0.4, -0.2) is 98.7 Å². The van der Waals surface area contributed by atoms with Crippen molar-refractivity contribution in [3.63, 3.8) is 0 Å². The van der Waals surface area contributed by atoms with Gasteiger partial charge in [-0.05, 0) is 17.7 Å². The molecule has 1 aromatic heterocycles. The minimum atomic E-state index is -0.313. The SMILES string of the molecule is COCC1CN(c2nc(C(=O)Nc3ccccc3N3CCN(CC(N)=O)CC3)cs2)CCN1Cc1ccccc1. The maximum Gasteiger partial charge on any atom is 0.275 e. The van der Waals surface area contributed by atoms with Crippen LogP contribution in [0.25, 0.3) is 0 Å². The Morgan fingerprint density at radius 1 is 1.00 bits per heavy atom. The van der Waals surface area contributed by atoms with Crippen LogP contribution in [0, 0.1) is 0 Å². The molecule has 1 unspecified atom stereocenters. The zero-order chi connectivity index (χ0) is 27.9. The highest BCUT2D eigenvalue weighted by Gasteiger charge is 2.29. The van der Waals surface area contributed by atoms with Gasteiger partial charge in [0.15, 0.2) is 5.13 Å². The van der Waals surface area contributed by atoms with Crippen LogP contribution >= 0.6 is 11.3 Å². The predicted octanol–water partition coefficient (Wildman–Crippen LogP) is 2.34. The first kappa shape index (κ1) is 28.0. The normalized spacial score (nSPS) is 18.6. The number of aromatic nitrogens is 1. The van der Waals surface area contributed by atoms with E-state index in [4.69, 9.17) is 15.5 Å². The van der Waals surface area contributed by atoms with E-state index < -0.39 is 0 Å². The monoisotopic (exact) mass is 563 g/mol. The number of carbonyl (C=O) groups excluding carboxylic acids is 2. The summed E-state index contributed by atoms with van der Waals surface area (Å²) in [5.74, 6) is -0.537. The second kappa shape index (κ2) is 13.2. The van der Waals surface area contributed by atoms with E-state index in [0.717, 1.165) is 68.9 Å². The number of para-hydroxylation sites is 2. The first-order valence-electron chi connectivity index (χ1n) is 13.6. The molecule has 0 radical (unpaired) electrons. The Morgan fingerprint density at radius 2 is 1.73 bits per heavy atom. The molecule has 2 amide bonds. The van der Waals surface area contributed by atoms with Gasteiger partial charge in [-0.25, -0.2) is 4.98 Å². The fourth-order valence-corrected chi connectivity index (χ4v) is 6.21. The van der Waals surface area contributed by atoms with Gasteiger partial charge in [-0.2, -0.15) is 0 Å². The fraction of sp³-hybridized carbons (Fsp3) is 0.414. The van der Waals surface area contributed by atoms with Crippen molar-refractivity contribution in [1.29, 1.82) is 0 Å². The molecule has 10 nitrogen and oxygen atoms in total. The van der Waals surface area contributed by atoms with Crippen molar-refractivity contribution in [3.05, 3.63) is 71.2 Å². The van der Waals surface area contributed by atoms with Crippen molar-refractivity contribution in [2.75, 3.05) is 81.2 Å². The number of nitrogens with one attached hydrogen (secondary N) is 1. The largest absolute Gasteiger partial charge is 0.383 e. The standard InChI is InChI=1S/C29H37N7O3S/c1-39-20-23-18-36(16-15-35(23)17-22-7-3-2-4-8-22)29-32-25(21-40-29)28(38)31-24-9-5-6-10-26(24)34-13-11-33(12-14-34)19-27(30)37/h2-10,21,23H,11-20H2,1H3,(H2,30,37)(H,31,38). The average molecular weight is 564 g/mol. The van der Waals surface area contributed by atoms with Crippen LogP contribution in [0.15, 0.2) is 60.0 Å². The lowest BCUT2D eigenvalue weighted by Crippen LogP contribution is -2.54. The number of nitrogens with two attached hydrogens (primary N) is 1. The van der Waals surface area contributed by atoms with Gasteiger partial charge in [0.2, 0.25) is 5.91 Å². The van der Waals surface area contributed by atoms with Crippen LogP contribution in [0.3, 0.4) is 0 Å². The third-order valence-electron chi connectivity index (χ3n) is 7.43. The van der Waals surface area contributed by atoms with Gasteiger partial charge in [0.1, 0.15) is 5.69 Å². The highest BCUT2D eigenvalue weighted by Crippen LogP contribution is 2.29. The molecule has 0 spiro atoms. The summed E-state index contributed by atoms with van der Waals surface area (Å²) in [6.45, 7) is 7.29. The first-order chi connectivity index (χ1) is 19.5. The fourth-order valence-electron chi connectivity index (χ4n) is 5.37. The van der Waals surface area contributed by atoms with Gasteiger partial charge in [-0.3, -0.25) is 19.4 Å². The van der Waals surface area contributed by atoms with E-state index in [-0.39, 0.29) is 24.4 Å². The number of carbonyl (C=O) groups is 2. The number of primary amides is 1. The number of thiazole rings is 1. The Hall–Kier alpha value is -3.51. The van der Waals surface area contributed by atoms with Crippen LogP contribution in [0.2, 0.25) is 0 Å². The van der Waals surface area contributed by atoms with Crippen LogP contribution in [0.4, 0.5) is 16.5 Å². The second-order valence-corrected chi connectivity index (χ2v) is 11.1. The number of amides is 2. The van der Waals surface area contributed by atoms with Crippen LogP contribution < -0.4 is 20.9 Å². The van der Waals surface area contributed by atoms with Gasteiger partial charge < -0.3 is 25.6 Å². The second-order valence-electron chi connectivity index (χ2n) is 10.2. The van der Waals surface area contributed by atoms with E-state index in [0.29, 0.717) is 12.3 Å². The minimum absolute atomic E-state index is 0.224. The third kappa shape index (κ3) is 6.97. The molecule has 3 aromatic rings. The van der Waals surface area contributed by atoms with Gasteiger partial charge in [-0.1, -0.05) is 42.5 Å². The van der Waals surface area contributed by atoms with Crippen molar-refractivity contribution in [2.45, 2.75) is 12.6 Å². The molecule has 3 N–H and O–H groups in total. The van der Waals surface area contributed by atoms with Gasteiger partial charge in [0, 0.05) is 64.8 Å². The molecule has 0 bridgehead atoms. The Kier molecular flexibility index (Phi) is 9.27. The molecule has 2 saturated heterocycles. The Balaban J connectivity index is 1.21. The van der Waals surface area contributed by atoms with Crippen LogP contribution in [0.1, 0.15) is 16.1 Å². The molecule has 2 aliphatic heterocycles. The molecule has 0 aliphatic carbocycles. The predicted molar refractivity (Wildman–Crippen MR) is 159 cm³/mol. The lowest BCUT2D eigenvalue weighted by molar-refractivity contribution is -0.119. The molecule has 40 heavy (non-hydrogen) atoms. The minimum Gasteiger partial charge on any atom is -0.383 e. The number of hydrogen-bond acceptors (Lipinski definition) is 9. The zero-order valence-electron chi connectivity index (χ0n) is 22.9. The molecule has 5 rings (SSSR count). The quantitative estimate of drug-likeness (QED) is 0.387. The summed E-state index contributed by atoms with van der Waals surface area (Å²) >= 11 is 1.50. The lowest BCUT2D eigenvalue weighted by Gasteiger charge is -2.41. The number of piperazine rings is 2. The molecule has 3 heterocycles. The molecule has 212 valence electrons. The molecule has 2 aromatic carbocycles. The molecule has 1 atom stereocenters. The molecule has 2 fully saturated rings. The van der Waals surface area contributed by atoms with Crippen molar-refractivity contribution >= 4 is 39.7 Å². The van der Waals surface area contributed by atoms with Crippen LogP contribution in [0.5, 0.6) is 0 Å². The topological polar surface area (TPSA) is 107 Å².